The molecule has 3 N–H and O–H groups in total. The van der Waals surface area contributed by atoms with Gasteiger partial charge in [0.15, 0.2) is 5.84 Å². The Hall–Kier alpha value is -1.78. The van der Waals surface area contributed by atoms with Crippen molar-refractivity contribution in [1.82, 2.24) is 4.98 Å². The van der Waals surface area contributed by atoms with Crippen LogP contribution in [-0.4, -0.2) is 28.6 Å². The van der Waals surface area contributed by atoms with Gasteiger partial charge in [-0.15, -0.1) is 0 Å². The van der Waals surface area contributed by atoms with Crippen LogP contribution in [0.25, 0.3) is 0 Å². The van der Waals surface area contributed by atoms with Crippen molar-refractivity contribution in [1.29, 1.82) is 0 Å². The van der Waals surface area contributed by atoms with Gasteiger partial charge in [-0.3, -0.25) is 0 Å². The molecule has 0 atom stereocenters. The molecule has 1 aliphatic rings. The highest BCUT2D eigenvalue weighted by atomic mass is 16.4. The second-order valence-corrected chi connectivity index (χ2v) is 5.12. The maximum Gasteiger partial charge on any atom is 0.170 e. The number of oxime groups is 1. The SMILES string of the molecule is CCCCN(c1cc(/C(N)=N/O)cc(C)n1)C1CC1. The summed E-state index contributed by atoms with van der Waals surface area (Å²) in [6, 6.07) is 4.36. The van der Waals surface area contributed by atoms with Crippen LogP contribution < -0.4 is 10.6 Å². The lowest BCUT2D eigenvalue weighted by Gasteiger charge is -2.24. The summed E-state index contributed by atoms with van der Waals surface area (Å²) in [4.78, 5) is 6.95. The lowest BCUT2D eigenvalue weighted by atomic mass is 10.2. The van der Waals surface area contributed by atoms with E-state index in [0.717, 1.165) is 30.0 Å². The molecular formula is C14H22N4O. The fourth-order valence-corrected chi connectivity index (χ4v) is 2.20. The standard InChI is InChI=1S/C14H22N4O/c1-3-4-7-18(12-5-6-12)13-9-11(14(15)17-19)8-10(2)16-13/h8-9,12,19H,3-7H2,1-2H3,(H2,15,17). The van der Waals surface area contributed by atoms with E-state index in [0.29, 0.717) is 6.04 Å². The molecule has 0 radical (unpaired) electrons. The number of pyridine rings is 1. The molecule has 1 aromatic heterocycles. The van der Waals surface area contributed by atoms with Crippen molar-refractivity contribution in [2.45, 2.75) is 45.6 Å². The molecule has 104 valence electrons. The first-order chi connectivity index (χ1) is 9.15. The summed E-state index contributed by atoms with van der Waals surface area (Å²) in [5.41, 5.74) is 7.30. The van der Waals surface area contributed by atoms with Gasteiger partial charge in [-0.2, -0.15) is 0 Å². The van der Waals surface area contributed by atoms with E-state index in [-0.39, 0.29) is 5.84 Å². The van der Waals surface area contributed by atoms with Crippen LogP contribution in [0, 0.1) is 6.92 Å². The van der Waals surface area contributed by atoms with Crippen molar-refractivity contribution in [2.24, 2.45) is 10.9 Å². The fourth-order valence-electron chi connectivity index (χ4n) is 2.20. The smallest absolute Gasteiger partial charge is 0.170 e. The summed E-state index contributed by atoms with van der Waals surface area (Å²) in [5.74, 6) is 1.08. The van der Waals surface area contributed by atoms with E-state index in [4.69, 9.17) is 10.9 Å². The van der Waals surface area contributed by atoms with Crippen molar-refractivity contribution in [3.8, 4) is 0 Å². The van der Waals surface area contributed by atoms with E-state index in [2.05, 4.69) is 22.0 Å². The van der Waals surface area contributed by atoms with Gasteiger partial charge in [0.1, 0.15) is 5.82 Å². The predicted molar refractivity (Wildman–Crippen MR) is 76.8 cm³/mol. The average Bonchev–Trinajstić information content (AvgIpc) is 3.22. The molecule has 0 aliphatic heterocycles. The number of aromatic nitrogens is 1. The summed E-state index contributed by atoms with van der Waals surface area (Å²) >= 11 is 0. The molecular weight excluding hydrogens is 240 g/mol. The first kappa shape index (κ1) is 13.6. The van der Waals surface area contributed by atoms with Crippen LogP contribution in [0.1, 0.15) is 43.9 Å². The first-order valence-electron chi connectivity index (χ1n) is 6.89. The number of amidine groups is 1. The van der Waals surface area contributed by atoms with Gasteiger partial charge in [-0.1, -0.05) is 18.5 Å². The number of rotatable bonds is 6. The highest BCUT2D eigenvalue weighted by Gasteiger charge is 2.29. The van der Waals surface area contributed by atoms with Crippen molar-refractivity contribution in [2.75, 3.05) is 11.4 Å². The maximum atomic E-state index is 8.80. The van der Waals surface area contributed by atoms with E-state index >= 15 is 0 Å². The first-order valence-corrected chi connectivity index (χ1v) is 6.89. The Morgan fingerprint density at radius 1 is 1.53 bits per heavy atom. The van der Waals surface area contributed by atoms with E-state index in [9.17, 15) is 0 Å². The number of hydrogen-bond acceptors (Lipinski definition) is 4. The van der Waals surface area contributed by atoms with Gasteiger partial charge in [0.2, 0.25) is 0 Å². The Morgan fingerprint density at radius 3 is 2.84 bits per heavy atom. The summed E-state index contributed by atoms with van der Waals surface area (Å²) in [6.45, 7) is 5.15. The predicted octanol–water partition coefficient (Wildman–Crippen LogP) is 2.25. The van der Waals surface area contributed by atoms with Crippen LogP contribution in [0.2, 0.25) is 0 Å². The largest absolute Gasteiger partial charge is 0.409 e. The molecule has 1 heterocycles. The Morgan fingerprint density at radius 2 is 2.26 bits per heavy atom. The molecule has 0 saturated heterocycles. The molecule has 0 unspecified atom stereocenters. The van der Waals surface area contributed by atoms with Crippen LogP contribution in [-0.2, 0) is 0 Å². The molecule has 1 fully saturated rings. The van der Waals surface area contributed by atoms with Gasteiger partial charge in [0.25, 0.3) is 0 Å². The second-order valence-electron chi connectivity index (χ2n) is 5.12. The van der Waals surface area contributed by atoms with E-state index in [1.165, 1.54) is 19.3 Å². The minimum atomic E-state index is 0.137. The molecule has 1 aromatic rings. The Balaban J connectivity index is 2.28. The van der Waals surface area contributed by atoms with Crippen molar-refractivity contribution in [3.05, 3.63) is 23.4 Å². The fraction of sp³-hybridized carbons (Fsp3) is 0.571. The Labute approximate surface area is 114 Å². The van der Waals surface area contributed by atoms with Crippen molar-refractivity contribution >= 4 is 11.7 Å². The van der Waals surface area contributed by atoms with Crippen molar-refractivity contribution < 1.29 is 5.21 Å². The van der Waals surface area contributed by atoms with E-state index < -0.39 is 0 Å². The van der Waals surface area contributed by atoms with Gasteiger partial charge >= 0.3 is 0 Å². The third-order valence-corrected chi connectivity index (χ3v) is 3.38. The number of aryl methyl sites for hydroxylation is 1. The number of nitrogens with two attached hydrogens (primary N) is 1. The van der Waals surface area contributed by atoms with Crippen LogP contribution in [0.3, 0.4) is 0 Å². The minimum absolute atomic E-state index is 0.137. The Kier molecular flexibility index (Phi) is 4.24. The molecule has 0 amide bonds. The Bertz CT molecular complexity index is 469. The summed E-state index contributed by atoms with van der Waals surface area (Å²) in [6.07, 6.45) is 4.80. The van der Waals surface area contributed by atoms with E-state index in [1.54, 1.807) is 0 Å². The van der Waals surface area contributed by atoms with Gasteiger partial charge in [-0.05, 0) is 38.3 Å². The molecule has 5 nitrogen and oxygen atoms in total. The molecule has 19 heavy (non-hydrogen) atoms. The second kappa shape index (κ2) is 5.91. The molecule has 0 aromatic carbocycles. The lowest BCUT2D eigenvalue weighted by Crippen LogP contribution is -2.28. The monoisotopic (exact) mass is 262 g/mol. The molecule has 0 bridgehead atoms. The number of hydrogen-bond donors (Lipinski definition) is 2. The number of unbranched alkanes of at least 4 members (excludes halogenated alkanes) is 1. The molecule has 2 rings (SSSR count). The topological polar surface area (TPSA) is 74.7 Å². The zero-order valence-corrected chi connectivity index (χ0v) is 11.6. The molecule has 0 spiro atoms. The van der Waals surface area contributed by atoms with Gasteiger partial charge in [0, 0.05) is 23.8 Å². The van der Waals surface area contributed by atoms with Crippen LogP contribution in [0.15, 0.2) is 17.3 Å². The molecule has 1 aliphatic carbocycles. The summed E-state index contributed by atoms with van der Waals surface area (Å²) in [7, 11) is 0. The average molecular weight is 262 g/mol. The van der Waals surface area contributed by atoms with Gasteiger partial charge < -0.3 is 15.8 Å². The van der Waals surface area contributed by atoms with Crippen LogP contribution >= 0.6 is 0 Å². The zero-order valence-electron chi connectivity index (χ0n) is 11.6. The quantitative estimate of drug-likeness (QED) is 0.357. The third kappa shape index (κ3) is 3.36. The number of nitrogens with zero attached hydrogens (tertiary/aromatic N) is 3. The zero-order chi connectivity index (χ0) is 13.8. The lowest BCUT2D eigenvalue weighted by molar-refractivity contribution is 0.318. The van der Waals surface area contributed by atoms with Crippen LogP contribution in [0.5, 0.6) is 0 Å². The highest BCUT2D eigenvalue weighted by Crippen LogP contribution is 2.31. The van der Waals surface area contributed by atoms with E-state index in [1.807, 2.05) is 19.1 Å². The van der Waals surface area contributed by atoms with Gasteiger partial charge in [0.05, 0.1) is 0 Å². The van der Waals surface area contributed by atoms with Crippen molar-refractivity contribution in [3.63, 3.8) is 0 Å². The molecule has 1 saturated carbocycles. The van der Waals surface area contributed by atoms with Crippen LogP contribution in [0.4, 0.5) is 5.82 Å². The summed E-state index contributed by atoms with van der Waals surface area (Å²) in [5, 5.41) is 11.9. The minimum Gasteiger partial charge on any atom is -0.409 e. The third-order valence-electron chi connectivity index (χ3n) is 3.38. The number of anilines is 1. The van der Waals surface area contributed by atoms with Gasteiger partial charge in [-0.25, -0.2) is 4.98 Å². The highest BCUT2D eigenvalue weighted by molar-refractivity contribution is 5.97. The molecule has 5 heteroatoms. The maximum absolute atomic E-state index is 8.80. The summed E-state index contributed by atoms with van der Waals surface area (Å²) < 4.78 is 0. The normalized spacial score (nSPS) is 15.6.